The van der Waals surface area contributed by atoms with Crippen LogP contribution in [0.3, 0.4) is 0 Å². The normalized spacial score (nSPS) is 38.9. The smallest absolute Gasteiger partial charge is 0.0655 e. The van der Waals surface area contributed by atoms with Crippen LogP contribution in [-0.4, -0.2) is 0 Å². The second-order valence-corrected chi connectivity index (χ2v) is 2.16. The van der Waals surface area contributed by atoms with Crippen LogP contribution in [0.15, 0.2) is 0 Å². The van der Waals surface area contributed by atoms with Crippen LogP contribution in [0.1, 0.15) is 12.8 Å². The Morgan fingerprint density at radius 3 is 2.29 bits per heavy atom. The van der Waals surface area contributed by atoms with Crippen LogP contribution in [-0.2, 0) is 0 Å². The van der Waals surface area contributed by atoms with E-state index >= 15 is 0 Å². The Labute approximate surface area is 44.0 Å². The molecule has 1 aliphatic rings. The summed E-state index contributed by atoms with van der Waals surface area (Å²) in [5, 5.41) is 8.23. The molecule has 0 saturated heterocycles. The highest BCUT2D eigenvalue weighted by atomic mass is 14.3. The molecular formula is C6H8N. The van der Waals surface area contributed by atoms with E-state index in [4.69, 9.17) is 5.26 Å². The van der Waals surface area contributed by atoms with E-state index in [9.17, 15) is 0 Å². The lowest BCUT2D eigenvalue weighted by Gasteiger charge is -2.25. The van der Waals surface area contributed by atoms with Crippen molar-refractivity contribution in [1.29, 1.82) is 5.26 Å². The van der Waals surface area contributed by atoms with Crippen molar-refractivity contribution in [3.63, 3.8) is 0 Å². The minimum absolute atomic E-state index is 0.336. The van der Waals surface area contributed by atoms with Gasteiger partial charge in [-0.05, 0) is 18.8 Å². The Kier molecular flexibility index (Phi) is 1.02. The summed E-state index contributed by atoms with van der Waals surface area (Å²) < 4.78 is 0. The van der Waals surface area contributed by atoms with Gasteiger partial charge in [0, 0.05) is 5.92 Å². The first-order valence-corrected chi connectivity index (χ1v) is 2.55. The lowest BCUT2D eigenvalue weighted by Crippen LogP contribution is -2.18. The van der Waals surface area contributed by atoms with Crippen LogP contribution < -0.4 is 0 Å². The largest absolute Gasteiger partial charge is 0.198 e. The fourth-order valence-electron chi connectivity index (χ4n) is 0.841. The molecule has 0 amide bonds. The van der Waals surface area contributed by atoms with Gasteiger partial charge in [0.05, 0.1) is 6.07 Å². The first kappa shape index (κ1) is 4.64. The second-order valence-electron chi connectivity index (χ2n) is 2.16. The quantitative estimate of drug-likeness (QED) is 0.444. The average Bonchev–Trinajstić information content (AvgIpc) is 1.58. The van der Waals surface area contributed by atoms with E-state index in [-0.39, 0.29) is 0 Å². The molecule has 1 heteroatoms. The van der Waals surface area contributed by atoms with Gasteiger partial charge in [0.1, 0.15) is 0 Å². The fraction of sp³-hybridized carbons (Fsp3) is 0.667. The van der Waals surface area contributed by atoms with Crippen LogP contribution in [0.4, 0.5) is 0 Å². The van der Waals surface area contributed by atoms with Gasteiger partial charge in [-0.1, -0.05) is 6.92 Å². The van der Waals surface area contributed by atoms with Crippen molar-refractivity contribution >= 4 is 0 Å². The van der Waals surface area contributed by atoms with Crippen LogP contribution >= 0.6 is 0 Å². The minimum atomic E-state index is 0.336. The van der Waals surface area contributed by atoms with E-state index in [1.807, 2.05) is 0 Å². The molecule has 1 aliphatic carbocycles. The predicted octanol–water partition coefficient (Wildman–Crippen LogP) is 1.37. The number of hydrogen-bond acceptors (Lipinski definition) is 1. The third kappa shape index (κ3) is 0.742. The zero-order chi connectivity index (χ0) is 5.28. The number of nitrogens with zero attached hydrogens (tertiary/aromatic N) is 1. The van der Waals surface area contributed by atoms with Gasteiger partial charge < -0.3 is 0 Å². The summed E-state index contributed by atoms with van der Waals surface area (Å²) in [4.78, 5) is 0. The highest BCUT2D eigenvalue weighted by Gasteiger charge is 2.24. The lowest BCUT2D eigenvalue weighted by atomic mass is 9.77. The molecule has 0 aromatic carbocycles. The van der Waals surface area contributed by atoms with Crippen LogP contribution in [0.5, 0.6) is 0 Å². The Morgan fingerprint density at radius 1 is 1.57 bits per heavy atom. The highest BCUT2D eigenvalue weighted by molar-refractivity contribution is 4.94. The minimum Gasteiger partial charge on any atom is -0.198 e. The van der Waals surface area contributed by atoms with E-state index in [2.05, 4.69) is 13.0 Å². The van der Waals surface area contributed by atoms with E-state index < -0.39 is 0 Å². The van der Waals surface area contributed by atoms with Crippen LogP contribution in [0.25, 0.3) is 0 Å². The Bertz CT molecular complexity index is 95.2. The molecule has 1 nitrogen and oxygen atoms in total. The first-order chi connectivity index (χ1) is 3.33. The molecular weight excluding hydrogens is 86.1 g/mol. The number of nitriles is 1. The highest BCUT2D eigenvalue weighted by Crippen LogP contribution is 2.31. The van der Waals surface area contributed by atoms with Gasteiger partial charge in [0.15, 0.2) is 0 Å². The molecule has 0 aromatic rings. The third-order valence-electron chi connectivity index (χ3n) is 1.42. The zero-order valence-corrected chi connectivity index (χ0v) is 4.22. The van der Waals surface area contributed by atoms with E-state index in [1.165, 1.54) is 0 Å². The van der Waals surface area contributed by atoms with Gasteiger partial charge in [0.25, 0.3) is 0 Å². The summed E-state index contributed by atoms with van der Waals surface area (Å²) in [7, 11) is 0. The standard InChI is InChI=1S/C6H8N/c1-5-2-6(3-5)4-7/h5-6H,1-3H2. The van der Waals surface area contributed by atoms with Gasteiger partial charge in [-0.15, -0.1) is 0 Å². The molecule has 0 atom stereocenters. The average molecular weight is 94.1 g/mol. The molecule has 1 saturated carbocycles. The van der Waals surface area contributed by atoms with E-state index in [0.717, 1.165) is 12.8 Å². The summed E-state index contributed by atoms with van der Waals surface area (Å²) in [5.41, 5.74) is 0. The van der Waals surface area contributed by atoms with Crippen molar-refractivity contribution in [3.8, 4) is 6.07 Å². The Balaban J connectivity index is 2.21. The van der Waals surface area contributed by atoms with Crippen molar-refractivity contribution < 1.29 is 0 Å². The summed E-state index contributed by atoms with van der Waals surface area (Å²) in [6.07, 6.45) is 2.05. The molecule has 0 aliphatic heterocycles. The van der Waals surface area contributed by atoms with Crippen molar-refractivity contribution in [2.24, 2.45) is 11.8 Å². The van der Waals surface area contributed by atoms with Gasteiger partial charge >= 0.3 is 0 Å². The van der Waals surface area contributed by atoms with Crippen molar-refractivity contribution in [2.75, 3.05) is 0 Å². The maximum atomic E-state index is 8.23. The Hall–Kier alpha value is -0.510. The number of hydrogen-bond donors (Lipinski definition) is 0. The first-order valence-electron chi connectivity index (χ1n) is 2.55. The molecule has 7 heavy (non-hydrogen) atoms. The van der Waals surface area contributed by atoms with Crippen LogP contribution in [0.2, 0.25) is 0 Å². The zero-order valence-electron chi connectivity index (χ0n) is 4.22. The molecule has 1 fully saturated rings. The molecule has 0 N–H and O–H groups in total. The number of rotatable bonds is 0. The van der Waals surface area contributed by atoms with Gasteiger partial charge in [-0.2, -0.15) is 5.26 Å². The maximum Gasteiger partial charge on any atom is 0.0655 e. The molecule has 0 unspecified atom stereocenters. The molecule has 1 rings (SSSR count). The molecule has 1 radical (unpaired) electrons. The van der Waals surface area contributed by atoms with Gasteiger partial charge in [-0.3, -0.25) is 0 Å². The monoisotopic (exact) mass is 94.1 g/mol. The summed E-state index contributed by atoms with van der Waals surface area (Å²) in [6, 6.07) is 2.19. The third-order valence-corrected chi connectivity index (χ3v) is 1.42. The summed E-state index contributed by atoms with van der Waals surface area (Å²) in [6.45, 7) is 3.79. The fourth-order valence-corrected chi connectivity index (χ4v) is 0.841. The summed E-state index contributed by atoms with van der Waals surface area (Å²) >= 11 is 0. The van der Waals surface area contributed by atoms with Crippen molar-refractivity contribution in [2.45, 2.75) is 12.8 Å². The lowest BCUT2D eigenvalue weighted by molar-refractivity contribution is 0.300. The van der Waals surface area contributed by atoms with E-state index in [0.29, 0.717) is 11.8 Å². The maximum absolute atomic E-state index is 8.23. The van der Waals surface area contributed by atoms with Crippen molar-refractivity contribution in [3.05, 3.63) is 6.92 Å². The topological polar surface area (TPSA) is 23.8 Å². The van der Waals surface area contributed by atoms with E-state index in [1.54, 1.807) is 0 Å². The molecule has 0 bridgehead atoms. The second kappa shape index (κ2) is 1.54. The molecule has 37 valence electrons. The molecule has 0 aromatic heterocycles. The summed E-state index contributed by atoms with van der Waals surface area (Å²) in [5.74, 6) is 0.909. The van der Waals surface area contributed by atoms with Gasteiger partial charge in [-0.25, -0.2) is 0 Å². The van der Waals surface area contributed by atoms with Gasteiger partial charge in [0.2, 0.25) is 0 Å². The molecule has 0 spiro atoms. The SMILES string of the molecule is [CH2]C1CC(C#N)C1. The Morgan fingerprint density at radius 2 is 2.14 bits per heavy atom. The predicted molar refractivity (Wildman–Crippen MR) is 27.2 cm³/mol. The van der Waals surface area contributed by atoms with Crippen LogP contribution in [0, 0.1) is 30.1 Å². The molecule has 0 heterocycles. The van der Waals surface area contributed by atoms with Crippen molar-refractivity contribution in [1.82, 2.24) is 0 Å².